The number of nitrogens with one attached hydrogen (secondary N) is 1. The van der Waals surface area contributed by atoms with Crippen LogP contribution in [0.3, 0.4) is 0 Å². The highest BCUT2D eigenvalue weighted by Crippen LogP contribution is 2.41. The van der Waals surface area contributed by atoms with E-state index >= 15 is 0 Å². The fraction of sp³-hybridized carbons (Fsp3) is 0.250. The van der Waals surface area contributed by atoms with Gasteiger partial charge < -0.3 is 14.8 Å². The van der Waals surface area contributed by atoms with Crippen LogP contribution in [0.15, 0.2) is 77.7 Å². The van der Waals surface area contributed by atoms with Gasteiger partial charge in [0, 0.05) is 6.54 Å². The Kier molecular flexibility index (Phi) is 6.15. The SMILES string of the molecule is CCOc1ccc([C@H]2Nc3ccccc3S(=O)(=O)N2Cc2ccccc2)cc1OCC. The highest BCUT2D eigenvalue weighted by Gasteiger charge is 2.39. The van der Waals surface area contributed by atoms with E-state index in [0.717, 1.165) is 11.1 Å². The van der Waals surface area contributed by atoms with Crippen LogP contribution in [-0.2, 0) is 16.6 Å². The number of anilines is 1. The molecule has 0 saturated carbocycles. The van der Waals surface area contributed by atoms with Crippen LogP contribution in [0.5, 0.6) is 11.5 Å². The molecule has 162 valence electrons. The van der Waals surface area contributed by atoms with E-state index in [1.54, 1.807) is 18.2 Å². The third kappa shape index (κ3) is 4.24. The molecule has 0 radical (unpaired) electrons. The lowest BCUT2D eigenvalue weighted by atomic mass is 10.1. The summed E-state index contributed by atoms with van der Waals surface area (Å²) >= 11 is 0. The van der Waals surface area contributed by atoms with E-state index in [1.807, 2.05) is 68.4 Å². The highest BCUT2D eigenvalue weighted by atomic mass is 32.2. The van der Waals surface area contributed by atoms with Crippen LogP contribution in [0.1, 0.15) is 31.1 Å². The molecule has 0 spiro atoms. The van der Waals surface area contributed by atoms with E-state index in [0.29, 0.717) is 30.4 Å². The van der Waals surface area contributed by atoms with Crippen molar-refractivity contribution in [2.45, 2.75) is 31.5 Å². The smallest absolute Gasteiger partial charge is 0.247 e. The Labute approximate surface area is 183 Å². The van der Waals surface area contributed by atoms with E-state index in [-0.39, 0.29) is 11.4 Å². The third-order valence-electron chi connectivity index (χ3n) is 5.12. The van der Waals surface area contributed by atoms with Crippen LogP contribution >= 0.6 is 0 Å². The first-order valence-electron chi connectivity index (χ1n) is 10.4. The standard InChI is InChI=1S/C24H26N2O4S/c1-3-29-21-15-14-19(16-22(21)30-4-2)24-25-20-12-8-9-13-23(20)31(27,28)26(24)17-18-10-6-5-7-11-18/h5-16,24-25H,3-4,17H2,1-2H3/t24-/m0/s1. The van der Waals surface area contributed by atoms with E-state index in [4.69, 9.17) is 9.47 Å². The molecule has 0 aliphatic carbocycles. The van der Waals surface area contributed by atoms with Gasteiger partial charge in [-0.3, -0.25) is 0 Å². The number of hydrogen-bond acceptors (Lipinski definition) is 5. The Bertz CT molecular complexity index is 1150. The molecular formula is C24H26N2O4S. The second-order valence-electron chi connectivity index (χ2n) is 7.15. The summed E-state index contributed by atoms with van der Waals surface area (Å²) in [5.41, 5.74) is 2.28. The number of fused-ring (bicyclic) bond motifs is 1. The van der Waals surface area contributed by atoms with Crippen molar-refractivity contribution in [1.29, 1.82) is 0 Å². The van der Waals surface area contributed by atoms with Crippen molar-refractivity contribution in [3.05, 3.63) is 83.9 Å². The maximum atomic E-state index is 13.6. The maximum absolute atomic E-state index is 13.6. The lowest BCUT2D eigenvalue weighted by molar-refractivity contribution is 0.285. The zero-order chi connectivity index (χ0) is 21.8. The van der Waals surface area contributed by atoms with Gasteiger partial charge >= 0.3 is 0 Å². The molecular weight excluding hydrogens is 412 g/mol. The minimum absolute atomic E-state index is 0.242. The summed E-state index contributed by atoms with van der Waals surface area (Å²) in [6.45, 7) is 5.06. The van der Waals surface area contributed by atoms with Crippen molar-refractivity contribution < 1.29 is 17.9 Å². The molecule has 0 fully saturated rings. The van der Waals surface area contributed by atoms with Crippen LogP contribution in [0, 0.1) is 0 Å². The molecule has 7 heteroatoms. The van der Waals surface area contributed by atoms with Crippen molar-refractivity contribution in [1.82, 2.24) is 4.31 Å². The summed E-state index contributed by atoms with van der Waals surface area (Å²) in [7, 11) is -3.73. The minimum Gasteiger partial charge on any atom is -0.490 e. The molecule has 0 bridgehead atoms. The minimum atomic E-state index is -3.73. The Hall–Kier alpha value is -3.03. The second-order valence-corrected chi connectivity index (χ2v) is 9.01. The molecule has 3 aromatic carbocycles. The molecule has 31 heavy (non-hydrogen) atoms. The van der Waals surface area contributed by atoms with Gasteiger partial charge in [-0.2, -0.15) is 4.31 Å². The summed E-state index contributed by atoms with van der Waals surface area (Å²) in [5, 5.41) is 3.41. The molecule has 1 atom stereocenters. The van der Waals surface area contributed by atoms with Crippen LogP contribution in [0.25, 0.3) is 0 Å². The maximum Gasteiger partial charge on any atom is 0.247 e. The van der Waals surface area contributed by atoms with Crippen LogP contribution in [0.2, 0.25) is 0 Å². The van der Waals surface area contributed by atoms with Gasteiger partial charge in [0.15, 0.2) is 11.5 Å². The zero-order valence-electron chi connectivity index (χ0n) is 17.6. The quantitative estimate of drug-likeness (QED) is 0.574. The molecule has 4 rings (SSSR count). The zero-order valence-corrected chi connectivity index (χ0v) is 18.4. The number of rotatable bonds is 7. The predicted octanol–water partition coefficient (Wildman–Crippen LogP) is 4.80. The number of sulfonamides is 1. The number of ether oxygens (including phenoxy) is 2. The summed E-state index contributed by atoms with van der Waals surface area (Å²) in [5.74, 6) is 1.24. The van der Waals surface area contributed by atoms with Crippen molar-refractivity contribution in [2.24, 2.45) is 0 Å². The van der Waals surface area contributed by atoms with Crippen molar-refractivity contribution in [2.75, 3.05) is 18.5 Å². The van der Waals surface area contributed by atoms with E-state index in [1.165, 1.54) is 4.31 Å². The van der Waals surface area contributed by atoms with Gasteiger partial charge in [-0.25, -0.2) is 8.42 Å². The van der Waals surface area contributed by atoms with E-state index in [2.05, 4.69) is 5.32 Å². The predicted molar refractivity (Wildman–Crippen MR) is 121 cm³/mol. The van der Waals surface area contributed by atoms with Gasteiger partial charge in [-0.1, -0.05) is 48.5 Å². The molecule has 1 heterocycles. The summed E-state index contributed by atoms with van der Waals surface area (Å²) in [4.78, 5) is 0.276. The Morgan fingerprint density at radius 1 is 0.871 bits per heavy atom. The molecule has 1 N–H and O–H groups in total. The molecule has 1 aliphatic heterocycles. The first-order chi connectivity index (χ1) is 15.0. The highest BCUT2D eigenvalue weighted by molar-refractivity contribution is 7.89. The van der Waals surface area contributed by atoms with Gasteiger partial charge in [0.2, 0.25) is 10.0 Å². The van der Waals surface area contributed by atoms with Gasteiger partial charge in [-0.05, 0) is 49.2 Å². The Balaban J connectivity index is 1.81. The summed E-state index contributed by atoms with van der Waals surface area (Å²) in [6, 6.07) is 22.2. The number of para-hydroxylation sites is 1. The van der Waals surface area contributed by atoms with Gasteiger partial charge in [0.1, 0.15) is 11.1 Å². The van der Waals surface area contributed by atoms with Crippen molar-refractivity contribution >= 4 is 15.7 Å². The largest absolute Gasteiger partial charge is 0.490 e. The van der Waals surface area contributed by atoms with Gasteiger partial charge in [-0.15, -0.1) is 0 Å². The van der Waals surface area contributed by atoms with Crippen molar-refractivity contribution in [3.8, 4) is 11.5 Å². The monoisotopic (exact) mass is 438 g/mol. The van der Waals surface area contributed by atoms with E-state index in [9.17, 15) is 8.42 Å². The Morgan fingerprint density at radius 3 is 2.29 bits per heavy atom. The van der Waals surface area contributed by atoms with Crippen molar-refractivity contribution in [3.63, 3.8) is 0 Å². The van der Waals surface area contributed by atoms with Crippen LogP contribution in [-0.4, -0.2) is 25.9 Å². The number of hydrogen-bond donors (Lipinski definition) is 1. The number of benzene rings is 3. The lowest BCUT2D eigenvalue weighted by Crippen LogP contribution is -2.42. The van der Waals surface area contributed by atoms with Crippen LogP contribution in [0.4, 0.5) is 5.69 Å². The average Bonchev–Trinajstić information content (AvgIpc) is 2.78. The molecule has 0 amide bonds. The number of nitrogens with zero attached hydrogens (tertiary/aromatic N) is 1. The molecule has 6 nitrogen and oxygen atoms in total. The summed E-state index contributed by atoms with van der Waals surface area (Å²) < 4.78 is 40.2. The first-order valence-corrected chi connectivity index (χ1v) is 11.8. The summed E-state index contributed by atoms with van der Waals surface area (Å²) in [6.07, 6.45) is -0.588. The topological polar surface area (TPSA) is 67.9 Å². The molecule has 0 saturated heterocycles. The third-order valence-corrected chi connectivity index (χ3v) is 6.99. The van der Waals surface area contributed by atoms with E-state index < -0.39 is 16.2 Å². The fourth-order valence-corrected chi connectivity index (χ4v) is 5.40. The molecule has 0 aromatic heterocycles. The first kappa shape index (κ1) is 21.2. The average molecular weight is 439 g/mol. The second kappa shape index (κ2) is 8.99. The lowest BCUT2D eigenvalue weighted by Gasteiger charge is -2.37. The fourth-order valence-electron chi connectivity index (χ4n) is 3.72. The van der Waals surface area contributed by atoms with Gasteiger partial charge in [0.25, 0.3) is 0 Å². The molecule has 3 aromatic rings. The van der Waals surface area contributed by atoms with Crippen LogP contribution < -0.4 is 14.8 Å². The normalized spacial score (nSPS) is 17.4. The van der Waals surface area contributed by atoms with Gasteiger partial charge in [0.05, 0.1) is 18.9 Å². The molecule has 0 unspecified atom stereocenters. The Morgan fingerprint density at radius 2 is 1.55 bits per heavy atom. The molecule has 1 aliphatic rings.